The first kappa shape index (κ1) is 36.8. The summed E-state index contributed by atoms with van der Waals surface area (Å²) in [5.74, 6) is -0.746. The van der Waals surface area contributed by atoms with E-state index in [0.29, 0.717) is 24.0 Å². The Morgan fingerprint density at radius 2 is 1.62 bits per heavy atom. The monoisotopic (exact) mass is 785 g/mol. The topological polar surface area (TPSA) is 246 Å². The van der Waals surface area contributed by atoms with Gasteiger partial charge in [0.25, 0.3) is 20.2 Å². The summed E-state index contributed by atoms with van der Waals surface area (Å²) in [4.78, 5) is 13.2. The molecule has 1 heterocycles. The van der Waals surface area contributed by atoms with Crippen LogP contribution in [0.15, 0.2) is 110 Å². The van der Waals surface area contributed by atoms with Gasteiger partial charge in [-0.3, -0.25) is 9.11 Å². The van der Waals surface area contributed by atoms with Gasteiger partial charge >= 0.3 is 0 Å². The number of phenols is 1. The van der Waals surface area contributed by atoms with Crippen LogP contribution in [0.4, 0.5) is 34.6 Å². The van der Waals surface area contributed by atoms with Crippen molar-refractivity contribution in [1.29, 1.82) is 0 Å². The van der Waals surface area contributed by atoms with Crippen LogP contribution in [-0.2, 0) is 29.6 Å². The van der Waals surface area contributed by atoms with Crippen molar-refractivity contribution in [3.63, 3.8) is 0 Å². The number of nitrogens with zero attached hydrogens (tertiary/aromatic N) is 6. The van der Waals surface area contributed by atoms with Crippen LogP contribution >= 0.6 is 23.6 Å². The first-order chi connectivity index (χ1) is 24.8. The van der Waals surface area contributed by atoms with Crippen LogP contribution in [0.1, 0.15) is 6.92 Å². The van der Waals surface area contributed by atoms with Crippen molar-refractivity contribution in [2.75, 3.05) is 16.8 Å². The van der Waals surface area contributed by atoms with Gasteiger partial charge < -0.3 is 15.3 Å². The third-order valence-corrected chi connectivity index (χ3v) is 9.98. The van der Waals surface area contributed by atoms with Crippen molar-refractivity contribution in [2.45, 2.75) is 21.6 Å². The highest BCUT2D eigenvalue weighted by atomic mass is 35.5. The lowest BCUT2D eigenvalue weighted by molar-refractivity contribution is -0.432. The molecule has 0 amide bonds. The van der Waals surface area contributed by atoms with Crippen LogP contribution in [-0.4, -0.2) is 57.8 Å². The van der Waals surface area contributed by atoms with Gasteiger partial charge in [-0.2, -0.15) is 31.8 Å². The molecule has 6 aromatic rings. The van der Waals surface area contributed by atoms with E-state index in [1.807, 2.05) is 37.3 Å². The van der Waals surface area contributed by atoms with Gasteiger partial charge in [-0.15, -0.1) is 14.6 Å². The van der Waals surface area contributed by atoms with E-state index in [0.717, 1.165) is 17.8 Å². The molecule has 0 fully saturated rings. The van der Waals surface area contributed by atoms with Crippen LogP contribution in [0, 0.1) is 0 Å². The van der Waals surface area contributed by atoms with E-state index in [-0.39, 0.29) is 55.3 Å². The Morgan fingerprint density at radius 1 is 0.885 bits per heavy atom. The zero-order valence-electron chi connectivity index (χ0n) is 26.3. The molecule has 0 unspecified atom stereocenters. The van der Waals surface area contributed by atoms with Crippen molar-refractivity contribution in [3.8, 4) is 5.75 Å². The highest BCUT2D eigenvalue weighted by molar-refractivity contribution is 7.94. The summed E-state index contributed by atoms with van der Waals surface area (Å²) in [7, 11) is -9.70. The van der Waals surface area contributed by atoms with Gasteiger partial charge in [0.15, 0.2) is 5.75 Å². The molecule has 0 aliphatic rings. The van der Waals surface area contributed by atoms with E-state index >= 15 is 0 Å². The van der Waals surface area contributed by atoms with Gasteiger partial charge in [0.05, 0.1) is 27.5 Å². The largest absolute Gasteiger partial charge is 0.505 e. The maximum absolute atomic E-state index is 12.5. The van der Waals surface area contributed by atoms with Crippen molar-refractivity contribution in [2.24, 2.45) is 10.2 Å². The Bertz CT molecular complexity index is 2580. The fourth-order valence-electron chi connectivity index (χ4n) is 5.29. The van der Waals surface area contributed by atoms with Gasteiger partial charge in [0, 0.05) is 23.0 Å². The van der Waals surface area contributed by atoms with Gasteiger partial charge in [-0.05, 0) is 65.7 Å². The predicted octanol–water partition coefficient (Wildman–Crippen LogP) is 7.78. The number of para-hydroxylation sites is 1. The lowest BCUT2D eigenvalue weighted by atomic mass is 10.1. The number of phenolic OH excluding ortho intramolecular Hbond substituents is 1. The minimum Gasteiger partial charge on any atom is -0.505 e. The molecule has 0 radical (unpaired) electrons. The molecule has 1 aromatic heterocycles. The molecular weight excluding hydrogens is 762 g/mol. The van der Waals surface area contributed by atoms with E-state index in [1.54, 1.807) is 29.2 Å². The van der Waals surface area contributed by atoms with Gasteiger partial charge in [-0.25, -0.2) is 5.26 Å². The molecule has 0 atom stereocenters. The summed E-state index contributed by atoms with van der Waals surface area (Å²) < 4.78 is 74.3. The Labute approximate surface area is 304 Å². The van der Waals surface area contributed by atoms with Crippen molar-refractivity contribution >= 4 is 100 Å². The third-order valence-electron chi connectivity index (χ3n) is 7.42. The van der Waals surface area contributed by atoms with E-state index < -0.39 is 35.8 Å². The van der Waals surface area contributed by atoms with Crippen LogP contribution in [0.2, 0.25) is 5.28 Å². The van der Waals surface area contributed by atoms with Gasteiger partial charge in [0.2, 0.25) is 17.2 Å². The number of azo groups is 1. The average Bonchev–Trinajstić information content (AvgIpc) is 3.09. The molecule has 0 aliphatic carbocycles. The Balaban J connectivity index is 1.55. The second-order valence-corrected chi connectivity index (χ2v) is 14.4. The number of anilines is 4. The maximum Gasteiger partial charge on any atom is 0.297 e. The minimum atomic E-state index is -4.85. The standard InChI is InChI=1S/C31H24ClN7O10S3/c1-2-39(19-9-4-3-5-10-19)31-35-29(32)34-30(36-31)33-23-16-20(51(42,43)44)14-18-15-24(50-49-48-41)26(27(40)25(18)23)38-37-22-13-12-17-8-6-7-11-21(17)28(22)52(45,46)47/h3-16,40-41H,2H2,1H3,(H,42,43,44)(H,45,46,47)(H,33,34,35,36)/b38-37+. The average molecular weight is 786 g/mol. The highest BCUT2D eigenvalue weighted by Crippen LogP contribution is 2.48. The Hall–Kier alpha value is -5.03. The SMILES string of the molecule is CCN(c1ccccc1)c1nc(Cl)nc(Nc2cc(S(=O)(=O)O)cc3cc(SOOO)c(/N=N/c4ccc5ccccc5c4S(=O)(=O)O)c(O)c23)n1. The number of hydrogen-bond donors (Lipinski definition) is 5. The summed E-state index contributed by atoms with van der Waals surface area (Å²) in [5.41, 5.74) is -0.132. The molecule has 21 heteroatoms. The number of halogens is 1. The minimum absolute atomic E-state index is 0.0257. The van der Waals surface area contributed by atoms with Crippen LogP contribution in [0.3, 0.4) is 0 Å². The van der Waals surface area contributed by atoms with Crippen molar-refractivity contribution in [3.05, 3.63) is 90.2 Å². The van der Waals surface area contributed by atoms with E-state index in [9.17, 15) is 31.0 Å². The predicted molar refractivity (Wildman–Crippen MR) is 191 cm³/mol. The number of rotatable bonds is 12. The first-order valence-corrected chi connectivity index (χ1v) is 18.7. The van der Waals surface area contributed by atoms with E-state index in [4.69, 9.17) is 16.9 Å². The molecule has 5 N–H and O–H groups in total. The normalized spacial score (nSPS) is 12.2. The molecular formula is C31H24ClN7O10S3. The molecule has 0 saturated heterocycles. The van der Waals surface area contributed by atoms with Crippen molar-refractivity contribution < 1.29 is 45.7 Å². The summed E-state index contributed by atoms with van der Waals surface area (Å²) in [6.45, 7) is 2.27. The molecule has 5 aromatic carbocycles. The Kier molecular flexibility index (Phi) is 10.5. The third kappa shape index (κ3) is 7.74. The second kappa shape index (κ2) is 14.9. The molecule has 6 rings (SSSR count). The number of benzene rings is 5. The second-order valence-electron chi connectivity index (χ2n) is 10.6. The van der Waals surface area contributed by atoms with Crippen LogP contribution in [0.25, 0.3) is 21.5 Å². The van der Waals surface area contributed by atoms with Crippen LogP contribution < -0.4 is 10.2 Å². The van der Waals surface area contributed by atoms with Gasteiger partial charge in [-0.1, -0.05) is 53.6 Å². The summed E-state index contributed by atoms with van der Waals surface area (Å²) in [6, 6.07) is 21.5. The molecule has 268 valence electrons. The number of aromatic hydroxyl groups is 1. The fourth-order valence-corrected chi connectivity index (χ4v) is 7.32. The lowest BCUT2D eigenvalue weighted by Crippen LogP contribution is -2.19. The molecule has 52 heavy (non-hydrogen) atoms. The number of nitrogens with one attached hydrogen (secondary N) is 1. The lowest BCUT2D eigenvalue weighted by Gasteiger charge is -2.21. The smallest absolute Gasteiger partial charge is 0.297 e. The Morgan fingerprint density at radius 3 is 2.31 bits per heavy atom. The molecule has 17 nitrogen and oxygen atoms in total. The van der Waals surface area contributed by atoms with E-state index in [2.05, 4.69) is 39.9 Å². The van der Waals surface area contributed by atoms with E-state index in [1.165, 1.54) is 18.2 Å². The fraction of sp³-hybridized carbons (Fsp3) is 0.0645. The van der Waals surface area contributed by atoms with Crippen LogP contribution in [0.5, 0.6) is 5.75 Å². The molecule has 0 aliphatic heterocycles. The summed E-state index contributed by atoms with van der Waals surface area (Å²) in [6.07, 6.45) is 0. The molecule has 0 bridgehead atoms. The summed E-state index contributed by atoms with van der Waals surface area (Å²) >= 11 is 6.59. The first-order valence-electron chi connectivity index (χ1n) is 14.7. The number of hydrogen-bond acceptors (Lipinski definition) is 16. The van der Waals surface area contributed by atoms with Gasteiger partial charge in [0.1, 0.15) is 16.3 Å². The number of aromatic nitrogens is 3. The number of fused-ring (bicyclic) bond motifs is 2. The zero-order valence-corrected chi connectivity index (χ0v) is 29.5. The zero-order chi connectivity index (χ0) is 37.2. The quantitative estimate of drug-likeness (QED) is 0.0261. The maximum atomic E-state index is 12.5. The molecule has 0 spiro atoms. The highest BCUT2D eigenvalue weighted by Gasteiger charge is 2.24. The summed E-state index contributed by atoms with van der Waals surface area (Å²) in [5, 5.41) is 35.4. The molecule has 0 saturated carbocycles. The van der Waals surface area contributed by atoms with Crippen molar-refractivity contribution in [1.82, 2.24) is 15.0 Å².